The first-order chi connectivity index (χ1) is 14.4. The third-order valence-electron chi connectivity index (χ3n) is 4.70. The van der Waals surface area contributed by atoms with E-state index in [4.69, 9.17) is 12.2 Å². The van der Waals surface area contributed by atoms with Crippen molar-refractivity contribution in [3.63, 3.8) is 0 Å². The second kappa shape index (κ2) is 7.53. The van der Waals surface area contributed by atoms with Gasteiger partial charge in [0.05, 0.1) is 11.3 Å². The Morgan fingerprint density at radius 3 is 2.40 bits per heavy atom. The molecule has 2 heterocycles. The van der Waals surface area contributed by atoms with Crippen LogP contribution in [0.4, 0.5) is 11.4 Å². The van der Waals surface area contributed by atoms with E-state index in [9.17, 15) is 19.2 Å². The topological polar surface area (TPSA) is 98.8 Å². The number of para-hydroxylation sites is 2. The van der Waals surface area contributed by atoms with Crippen molar-refractivity contribution in [2.24, 2.45) is 0 Å². The molecule has 0 atom stereocenters. The summed E-state index contributed by atoms with van der Waals surface area (Å²) in [4.78, 5) is 52.7. The largest absolute Gasteiger partial charge is 0.325 e. The van der Waals surface area contributed by atoms with Gasteiger partial charge >= 0.3 is 0 Å². The van der Waals surface area contributed by atoms with Gasteiger partial charge in [-0.1, -0.05) is 36.4 Å². The Hall–Kier alpha value is -3.85. The van der Waals surface area contributed by atoms with Gasteiger partial charge in [0.25, 0.3) is 11.8 Å². The van der Waals surface area contributed by atoms with Gasteiger partial charge in [0.15, 0.2) is 5.11 Å². The fraction of sp³-hybridized carbons (Fsp3) is 0.0952. The lowest BCUT2D eigenvalue weighted by Gasteiger charge is -2.17. The number of carbonyl (C=O) groups is 4. The minimum Gasteiger partial charge on any atom is -0.325 e. The summed E-state index contributed by atoms with van der Waals surface area (Å²) >= 11 is 5.07. The number of anilines is 2. The molecular weight excluding hydrogens is 404 g/mol. The number of carbonyl (C=O) groups excluding carboxylic acids is 4. The van der Waals surface area contributed by atoms with Gasteiger partial charge in [-0.25, -0.2) is 0 Å². The Labute approximate surface area is 177 Å². The lowest BCUT2D eigenvalue weighted by atomic mass is 10.0. The molecule has 9 heteroatoms. The van der Waals surface area contributed by atoms with Gasteiger partial charge in [-0.2, -0.15) is 0 Å². The van der Waals surface area contributed by atoms with Gasteiger partial charge in [-0.05, 0) is 30.4 Å². The number of benzene rings is 2. The maximum absolute atomic E-state index is 13.3. The van der Waals surface area contributed by atoms with Crippen LogP contribution < -0.4 is 15.5 Å². The molecule has 2 aromatic rings. The summed E-state index contributed by atoms with van der Waals surface area (Å²) in [6.07, 6.45) is 0. The molecule has 2 N–H and O–H groups in total. The average molecular weight is 420 g/mol. The van der Waals surface area contributed by atoms with Crippen molar-refractivity contribution < 1.29 is 19.2 Å². The maximum Gasteiger partial charge on any atom is 0.275 e. The van der Waals surface area contributed by atoms with Crippen LogP contribution in [-0.2, 0) is 19.2 Å². The molecular formula is C21H16N4O4S. The Kier molecular flexibility index (Phi) is 4.88. The molecule has 1 fully saturated rings. The van der Waals surface area contributed by atoms with Crippen molar-refractivity contribution >= 4 is 57.9 Å². The van der Waals surface area contributed by atoms with Crippen LogP contribution >= 0.6 is 12.2 Å². The van der Waals surface area contributed by atoms with Gasteiger partial charge in [0.2, 0.25) is 11.8 Å². The number of thiocarbonyl (C=S) groups is 1. The fourth-order valence-corrected chi connectivity index (χ4v) is 3.79. The lowest BCUT2D eigenvalue weighted by molar-refractivity contribution is -0.125. The van der Waals surface area contributed by atoms with Gasteiger partial charge in [0.1, 0.15) is 12.2 Å². The highest BCUT2D eigenvalue weighted by Gasteiger charge is 2.43. The zero-order chi connectivity index (χ0) is 21.4. The minimum atomic E-state index is -0.635. The van der Waals surface area contributed by atoms with Crippen LogP contribution in [0.1, 0.15) is 12.5 Å². The molecule has 1 saturated heterocycles. The van der Waals surface area contributed by atoms with Gasteiger partial charge < -0.3 is 5.32 Å². The first-order valence-corrected chi connectivity index (χ1v) is 9.45. The van der Waals surface area contributed by atoms with Crippen molar-refractivity contribution in [1.82, 2.24) is 10.2 Å². The zero-order valence-corrected chi connectivity index (χ0v) is 16.7. The molecule has 0 radical (unpaired) electrons. The standard InChI is InChI=1S/C21H16N4O4S/c1-12(26)25-18(19(28)23-21(25)30)17-14-9-5-6-10-15(14)24(20(17)29)11-16(27)22-13-7-3-2-4-8-13/h2-10H,11H2,1H3,(H,22,27)(H,23,28,30). The van der Waals surface area contributed by atoms with Crippen molar-refractivity contribution in [2.75, 3.05) is 16.8 Å². The van der Waals surface area contributed by atoms with Crippen LogP contribution in [0.3, 0.4) is 0 Å². The molecule has 0 spiro atoms. The highest BCUT2D eigenvalue weighted by Crippen LogP contribution is 2.40. The molecule has 4 rings (SSSR count). The van der Waals surface area contributed by atoms with E-state index in [-0.39, 0.29) is 22.9 Å². The molecule has 0 aliphatic carbocycles. The van der Waals surface area contributed by atoms with E-state index >= 15 is 0 Å². The lowest BCUT2D eigenvalue weighted by Crippen LogP contribution is -2.36. The van der Waals surface area contributed by atoms with Crippen LogP contribution in [0.15, 0.2) is 60.3 Å². The average Bonchev–Trinajstić information content (AvgIpc) is 3.15. The van der Waals surface area contributed by atoms with E-state index in [1.54, 1.807) is 48.5 Å². The van der Waals surface area contributed by atoms with E-state index in [0.29, 0.717) is 16.9 Å². The predicted molar refractivity (Wildman–Crippen MR) is 114 cm³/mol. The smallest absolute Gasteiger partial charge is 0.275 e. The minimum absolute atomic E-state index is 0.0330. The molecule has 2 aliphatic rings. The van der Waals surface area contributed by atoms with E-state index < -0.39 is 23.6 Å². The van der Waals surface area contributed by atoms with Gasteiger partial charge in [0, 0.05) is 18.2 Å². The molecule has 0 saturated carbocycles. The quantitative estimate of drug-likeness (QED) is 0.581. The van der Waals surface area contributed by atoms with Crippen molar-refractivity contribution in [3.05, 3.63) is 65.9 Å². The normalized spacial score (nSPS) is 17.8. The Balaban J connectivity index is 1.73. The Morgan fingerprint density at radius 2 is 1.70 bits per heavy atom. The van der Waals surface area contributed by atoms with E-state index in [2.05, 4.69) is 10.6 Å². The second-order valence-electron chi connectivity index (χ2n) is 6.66. The molecule has 8 nitrogen and oxygen atoms in total. The summed E-state index contributed by atoms with van der Waals surface area (Å²) in [5.41, 5.74) is 1.43. The van der Waals surface area contributed by atoms with E-state index in [0.717, 1.165) is 4.90 Å². The number of hydrogen-bond acceptors (Lipinski definition) is 5. The van der Waals surface area contributed by atoms with Crippen LogP contribution in [-0.4, -0.2) is 40.2 Å². The highest BCUT2D eigenvalue weighted by atomic mass is 32.1. The highest BCUT2D eigenvalue weighted by molar-refractivity contribution is 7.80. The predicted octanol–water partition coefficient (Wildman–Crippen LogP) is 1.65. The molecule has 2 aromatic carbocycles. The molecule has 0 bridgehead atoms. The number of rotatable bonds is 3. The molecule has 0 unspecified atom stereocenters. The summed E-state index contributed by atoms with van der Waals surface area (Å²) in [6.45, 7) is 0.997. The van der Waals surface area contributed by atoms with Crippen molar-refractivity contribution in [2.45, 2.75) is 6.92 Å². The summed E-state index contributed by atoms with van der Waals surface area (Å²) in [6, 6.07) is 15.6. The van der Waals surface area contributed by atoms with Crippen LogP contribution in [0.25, 0.3) is 5.57 Å². The summed E-state index contributed by atoms with van der Waals surface area (Å²) in [5.74, 6) is -2.08. The third kappa shape index (κ3) is 3.25. The van der Waals surface area contributed by atoms with Gasteiger partial charge in [-0.3, -0.25) is 34.3 Å². The first kappa shape index (κ1) is 19.5. The van der Waals surface area contributed by atoms with E-state index in [1.165, 1.54) is 11.8 Å². The van der Waals surface area contributed by atoms with Crippen molar-refractivity contribution in [1.29, 1.82) is 0 Å². The Bertz CT molecular complexity index is 1140. The van der Waals surface area contributed by atoms with Crippen LogP contribution in [0, 0.1) is 0 Å². The fourth-order valence-electron chi connectivity index (χ4n) is 3.47. The summed E-state index contributed by atoms with van der Waals surface area (Å²) in [7, 11) is 0. The summed E-state index contributed by atoms with van der Waals surface area (Å²) < 4.78 is 0. The van der Waals surface area contributed by atoms with Crippen molar-refractivity contribution in [3.8, 4) is 0 Å². The van der Waals surface area contributed by atoms with Crippen LogP contribution in [0.5, 0.6) is 0 Å². The number of nitrogens with one attached hydrogen (secondary N) is 2. The molecule has 2 aliphatic heterocycles. The maximum atomic E-state index is 13.3. The number of fused-ring (bicyclic) bond motifs is 1. The number of hydrogen-bond donors (Lipinski definition) is 2. The Morgan fingerprint density at radius 1 is 1.03 bits per heavy atom. The van der Waals surface area contributed by atoms with Gasteiger partial charge in [-0.15, -0.1) is 0 Å². The van der Waals surface area contributed by atoms with E-state index in [1.807, 2.05) is 6.07 Å². The molecule has 150 valence electrons. The first-order valence-electron chi connectivity index (χ1n) is 9.05. The van der Waals surface area contributed by atoms with Crippen LogP contribution in [0.2, 0.25) is 0 Å². The molecule has 0 aromatic heterocycles. The SMILES string of the molecule is CC(=O)N1C(=S)NC(=O)C1=C1C(=O)N(CC(=O)Nc2ccccc2)c2ccccc21. The summed E-state index contributed by atoms with van der Waals surface area (Å²) in [5, 5.41) is 5.06. The zero-order valence-electron chi connectivity index (χ0n) is 15.8. The monoisotopic (exact) mass is 420 g/mol. The molecule has 30 heavy (non-hydrogen) atoms. The molecule has 4 amide bonds. The second-order valence-corrected chi connectivity index (χ2v) is 7.05. The number of amides is 4. The number of nitrogens with zero attached hydrogens (tertiary/aromatic N) is 2. The third-order valence-corrected chi connectivity index (χ3v) is 4.98.